The van der Waals surface area contributed by atoms with Crippen molar-refractivity contribution in [2.75, 3.05) is 6.54 Å². The van der Waals surface area contributed by atoms with E-state index in [0.29, 0.717) is 5.56 Å². The first-order valence-corrected chi connectivity index (χ1v) is 4.94. The standard InChI is InChI=1S/C11H11FN2O2/c1-7(8-4-2-3-5-9(8)12)14-6-10(15)13-11(14)16/h2-5,7H,6H2,1H3,(H,13,15,16). The SMILES string of the molecule is CC(c1ccccc1F)N1CC(=O)NC1=O. The van der Waals surface area contributed by atoms with E-state index < -0.39 is 12.1 Å². The first kappa shape index (κ1) is 10.6. The largest absolute Gasteiger partial charge is 0.325 e. The summed E-state index contributed by atoms with van der Waals surface area (Å²) in [5, 5.41) is 2.16. The topological polar surface area (TPSA) is 49.4 Å². The molecule has 0 spiro atoms. The van der Waals surface area contributed by atoms with Crippen molar-refractivity contribution in [3.63, 3.8) is 0 Å². The van der Waals surface area contributed by atoms with Crippen molar-refractivity contribution in [1.82, 2.24) is 10.2 Å². The van der Waals surface area contributed by atoms with Crippen LogP contribution in [0.15, 0.2) is 24.3 Å². The molecule has 1 saturated heterocycles. The molecule has 1 heterocycles. The van der Waals surface area contributed by atoms with Crippen molar-refractivity contribution < 1.29 is 14.0 Å². The third kappa shape index (κ3) is 1.76. The molecule has 0 aromatic heterocycles. The minimum absolute atomic E-state index is 0.0195. The number of halogens is 1. The number of benzene rings is 1. The predicted octanol–water partition coefficient (Wildman–Crippen LogP) is 1.44. The Labute approximate surface area is 92.0 Å². The van der Waals surface area contributed by atoms with Gasteiger partial charge in [-0.1, -0.05) is 18.2 Å². The molecule has 84 valence electrons. The minimum atomic E-state index is -0.472. The lowest BCUT2D eigenvalue weighted by Gasteiger charge is -2.22. The lowest BCUT2D eigenvalue weighted by molar-refractivity contribution is -0.118. The molecule has 0 aliphatic carbocycles. The maximum Gasteiger partial charge on any atom is 0.325 e. The van der Waals surface area contributed by atoms with Gasteiger partial charge in [0.15, 0.2) is 0 Å². The monoisotopic (exact) mass is 222 g/mol. The molecule has 1 atom stereocenters. The molecule has 16 heavy (non-hydrogen) atoms. The fourth-order valence-corrected chi connectivity index (χ4v) is 1.75. The molecule has 5 heteroatoms. The molecule has 2 rings (SSSR count). The number of carbonyl (C=O) groups is 2. The highest BCUT2D eigenvalue weighted by molar-refractivity contribution is 6.02. The molecule has 1 aromatic rings. The molecule has 1 unspecified atom stereocenters. The third-order valence-electron chi connectivity index (χ3n) is 2.64. The molecule has 4 nitrogen and oxygen atoms in total. The molecule has 1 aliphatic rings. The summed E-state index contributed by atoms with van der Waals surface area (Å²) in [5.41, 5.74) is 0.410. The number of nitrogens with one attached hydrogen (secondary N) is 1. The number of imide groups is 1. The van der Waals surface area contributed by atoms with Crippen molar-refractivity contribution in [3.8, 4) is 0 Å². The second-order valence-corrected chi connectivity index (χ2v) is 3.68. The van der Waals surface area contributed by atoms with E-state index in [1.165, 1.54) is 11.0 Å². The Morgan fingerprint density at radius 3 is 2.62 bits per heavy atom. The Morgan fingerprint density at radius 2 is 2.06 bits per heavy atom. The number of amides is 3. The molecular formula is C11H11FN2O2. The third-order valence-corrected chi connectivity index (χ3v) is 2.64. The van der Waals surface area contributed by atoms with Crippen molar-refractivity contribution in [2.24, 2.45) is 0 Å². The quantitative estimate of drug-likeness (QED) is 0.770. The van der Waals surface area contributed by atoms with Crippen molar-refractivity contribution in [2.45, 2.75) is 13.0 Å². The molecule has 0 radical (unpaired) electrons. The maximum atomic E-state index is 13.5. The van der Waals surface area contributed by atoms with Gasteiger partial charge in [-0.2, -0.15) is 0 Å². The molecule has 3 amide bonds. The number of hydrogen-bond acceptors (Lipinski definition) is 2. The summed E-state index contributed by atoms with van der Waals surface area (Å²) in [4.78, 5) is 23.7. The van der Waals surface area contributed by atoms with Gasteiger partial charge in [-0.15, -0.1) is 0 Å². The predicted molar refractivity (Wildman–Crippen MR) is 55.1 cm³/mol. The fraction of sp³-hybridized carbons (Fsp3) is 0.273. The lowest BCUT2D eigenvalue weighted by atomic mass is 10.1. The zero-order chi connectivity index (χ0) is 11.7. The Balaban J connectivity index is 2.26. The summed E-state index contributed by atoms with van der Waals surface area (Å²) in [6.45, 7) is 1.67. The van der Waals surface area contributed by atoms with Crippen molar-refractivity contribution in [3.05, 3.63) is 35.6 Å². The van der Waals surface area contributed by atoms with E-state index in [-0.39, 0.29) is 18.3 Å². The van der Waals surface area contributed by atoms with Gasteiger partial charge < -0.3 is 4.90 Å². The van der Waals surface area contributed by atoms with Gasteiger partial charge in [-0.05, 0) is 13.0 Å². The van der Waals surface area contributed by atoms with Crippen LogP contribution in [-0.4, -0.2) is 23.4 Å². The van der Waals surface area contributed by atoms with Gasteiger partial charge in [-0.3, -0.25) is 10.1 Å². The van der Waals surface area contributed by atoms with Crippen LogP contribution in [0.1, 0.15) is 18.5 Å². The van der Waals surface area contributed by atoms with Gasteiger partial charge in [0.05, 0.1) is 6.04 Å². The Hall–Kier alpha value is -1.91. The zero-order valence-corrected chi connectivity index (χ0v) is 8.74. The van der Waals surface area contributed by atoms with Gasteiger partial charge in [0.1, 0.15) is 12.4 Å². The summed E-state index contributed by atoms with van der Waals surface area (Å²) >= 11 is 0. The molecule has 0 saturated carbocycles. The number of carbonyl (C=O) groups excluding carboxylic acids is 2. The average Bonchev–Trinajstić information content (AvgIpc) is 2.58. The lowest BCUT2D eigenvalue weighted by Crippen LogP contribution is -2.31. The summed E-state index contributed by atoms with van der Waals surface area (Å²) in [7, 11) is 0. The molecule has 1 aliphatic heterocycles. The zero-order valence-electron chi connectivity index (χ0n) is 8.74. The number of hydrogen-bond donors (Lipinski definition) is 1. The van der Waals surface area contributed by atoms with Gasteiger partial charge >= 0.3 is 6.03 Å². The normalized spacial score (nSPS) is 17.5. The summed E-state index contributed by atoms with van der Waals surface area (Å²) < 4.78 is 13.5. The number of nitrogens with zero attached hydrogens (tertiary/aromatic N) is 1. The highest BCUT2D eigenvalue weighted by Gasteiger charge is 2.32. The Morgan fingerprint density at radius 1 is 1.38 bits per heavy atom. The van der Waals surface area contributed by atoms with E-state index in [1.54, 1.807) is 25.1 Å². The van der Waals surface area contributed by atoms with Crippen LogP contribution in [0.2, 0.25) is 0 Å². The smallest absolute Gasteiger partial charge is 0.308 e. The van der Waals surface area contributed by atoms with Crippen molar-refractivity contribution in [1.29, 1.82) is 0 Å². The van der Waals surface area contributed by atoms with Crippen LogP contribution in [0.5, 0.6) is 0 Å². The van der Waals surface area contributed by atoms with Crippen LogP contribution < -0.4 is 5.32 Å². The van der Waals surface area contributed by atoms with E-state index in [2.05, 4.69) is 5.32 Å². The van der Waals surface area contributed by atoms with Crippen molar-refractivity contribution >= 4 is 11.9 Å². The first-order valence-electron chi connectivity index (χ1n) is 4.94. The molecule has 0 bridgehead atoms. The van der Waals surface area contributed by atoms with E-state index in [9.17, 15) is 14.0 Å². The van der Waals surface area contributed by atoms with Crippen LogP contribution in [-0.2, 0) is 4.79 Å². The number of urea groups is 1. The van der Waals surface area contributed by atoms with E-state index in [4.69, 9.17) is 0 Å². The molecule has 1 N–H and O–H groups in total. The molecule has 1 aromatic carbocycles. The Bertz CT molecular complexity index is 447. The minimum Gasteiger partial charge on any atom is -0.308 e. The van der Waals surface area contributed by atoms with Gasteiger partial charge in [0.25, 0.3) is 0 Å². The second kappa shape index (κ2) is 3.92. The number of rotatable bonds is 2. The maximum absolute atomic E-state index is 13.5. The Kier molecular flexibility index (Phi) is 2.60. The van der Waals surface area contributed by atoms with Gasteiger partial charge in [0, 0.05) is 5.56 Å². The first-order chi connectivity index (χ1) is 7.59. The van der Waals surface area contributed by atoms with Crippen LogP contribution in [0, 0.1) is 5.82 Å². The van der Waals surface area contributed by atoms with Crippen LogP contribution in [0.25, 0.3) is 0 Å². The van der Waals surface area contributed by atoms with E-state index in [1.807, 2.05) is 0 Å². The summed E-state index contributed by atoms with van der Waals surface area (Å²) in [6, 6.07) is 5.30. The van der Waals surface area contributed by atoms with Gasteiger partial charge in [0.2, 0.25) is 5.91 Å². The van der Waals surface area contributed by atoms with Crippen LogP contribution in [0.4, 0.5) is 9.18 Å². The van der Waals surface area contributed by atoms with Crippen LogP contribution >= 0.6 is 0 Å². The van der Waals surface area contributed by atoms with Gasteiger partial charge in [-0.25, -0.2) is 9.18 Å². The van der Waals surface area contributed by atoms with E-state index in [0.717, 1.165) is 0 Å². The molecule has 1 fully saturated rings. The highest BCUT2D eigenvalue weighted by atomic mass is 19.1. The average molecular weight is 222 g/mol. The second-order valence-electron chi connectivity index (χ2n) is 3.68. The fourth-order valence-electron chi connectivity index (χ4n) is 1.75. The van der Waals surface area contributed by atoms with Crippen LogP contribution in [0.3, 0.4) is 0 Å². The summed E-state index contributed by atoms with van der Waals surface area (Å²) in [5.74, 6) is -0.727. The summed E-state index contributed by atoms with van der Waals surface area (Å²) in [6.07, 6.45) is 0. The highest BCUT2D eigenvalue weighted by Crippen LogP contribution is 2.23. The van der Waals surface area contributed by atoms with E-state index >= 15 is 0 Å². The molecular weight excluding hydrogens is 211 g/mol.